The summed E-state index contributed by atoms with van der Waals surface area (Å²) in [5.41, 5.74) is 0. The molecule has 0 aromatic heterocycles. The van der Waals surface area contributed by atoms with E-state index in [1.54, 1.807) is 0 Å². The maximum atomic E-state index is 12.0. The van der Waals surface area contributed by atoms with Crippen molar-refractivity contribution in [2.75, 3.05) is 6.61 Å². The highest BCUT2D eigenvalue weighted by molar-refractivity contribution is 5.69. The Morgan fingerprint density at radius 3 is 1.72 bits per heavy atom. The van der Waals surface area contributed by atoms with Gasteiger partial charge >= 0.3 is 5.97 Å². The second-order valence-corrected chi connectivity index (χ2v) is 7.41. The molecule has 0 heterocycles. The first-order valence-electron chi connectivity index (χ1n) is 11.0. The average molecular weight is 357 g/mol. The van der Waals surface area contributed by atoms with Gasteiger partial charge in [-0.25, -0.2) is 0 Å². The summed E-state index contributed by atoms with van der Waals surface area (Å²) in [7, 11) is 0. The number of aliphatic hydroxyl groups is 1. The summed E-state index contributed by atoms with van der Waals surface area (Å²) in [6, 6.07) is 0. The van der Waals surface area contributed by atoms with Gasteiger partial charge in [-0.2, -0.15) is 0 Å². The first-order chi connectivity index (χ1) is 12.2. The van der Waals surface area contributed by atoms with Gasteiger partial charge in [-0.15, -0.1) is 0 Å². The Kier molecular flexibility index (Phi) is 19.3. The fraction of sp³-hybridized carbons (Fsp3) is 0.955. The number of rotatable bonds is 19. The highest BCUT2D eigenvalue weighted by Gasteiger charge is 2.13. The van der Waals surface area contributed by atoms with Gasteiger partial charge in [0.05, 0.1) is 0 Å². The zero-order valence-electron chi connectivity index (χ0n) is 17.1. The van der Waals surface area contributed by atoms with Crippen LogP contribution in [0.15, 0.2) is 0 Å². The van der Waals surface area contributed by atoms with Crippen molar-refractivity contribution in [1.29, 1.82) is 0 Å². The van der Waals surface area contributed by atoms with Gasteiger partial charge in [-0.3, -0.25) is 4.79 Å². The lowest BCUT2D eigenvalue weighted by Gasteiger charge is -2.17. The third-order valence-electron chi connectivity index (χ3n) is 4.86. The second-order valence-electron chi connectivity index (χ2n) is 7.41. The van der Waals surface area contributed by atoms with Gasteiger partial charge in [-0.05, 0) is 19.3 Å². The third kappa shape index (κ3) is 18.0. The van der Waals surface area contributed by atoms with E-state index in [9.17, 15) is 4.79 Å². The van der Waals surface area contributed by atoms with Crippen LogP contribution < -0.4 is 0 Å². The Morgan fingerprint density at radius 1 is 0.720 bits per heavy atom. The van der Waals surface area contributed by atoms with Crippen LogP contribution >= 0.6 is 0 Å². The summed E-state index contributed by atoms with van der Waals surface area (Å²) in [6.07, 6.45) is 19.3. The van der Waals surface area contributed by atoms with Crippen molar-refractivity contribution < 1.29 is 14.6 Å². The molecule has 0 aliphatic heterocycles. The van der Waals surface area contributed by atoms with Crippen molar-refractivity contribution in [2.24, 2.45) is 0 Å². The molecule has 0 aliphatic rings. The molecular weight excluding hydrogens is 312 g/mol. The number of hydrogen-bond donors (Lipinski definition) is 1. The van der Waals surface area contributed by atoms with Crippen LogP contribution in [0.25, 0.3) is 0 Å². The lowest BCUT2D eigenvalue weighted by molar-refractivity contribution is -0.150. The molecule has 0 aromatic carbocycles. The van der Waals surface area contributed by atoms with Gasteiger partial charge in [0.2, 0.25) is 0 Å². The van der Waals surface area contributed by atoms with E-state index in [0.717, 1.165) is 25.7 Å². The summed E-state index contributed by atoms with van der Waals surface area (Å²) in [4.78, 5) is 12.0. The minimum atomic E-state index is -0.0855. The molecule has 0 saturated carbocycles. The standard InChI is InChI=1S/C22H44O3/c1-3-5-7-9-10-11-12-14-16-18-22(24)25-21(19-20-23)17-15-13-8-6-4-2/h21,23H,3-20H2,1-2H3/t21-/m1/s1. The molecule has 0 rings (SSSR count). The first kappa shape index (κ1) is 24.4. The quantitative estimate of drug-likeness (QED) is 0.210. The van der Waals surface area contributed by atoms with Gasteiger partial charge in [-0.1, -0.05) is 90.9 Å². The van der Waals surface area contributed by atoms with Crippen LogP contribution in [0.4, 0.5) is 0 Å². The molecule has 0 aromatic rings. The monoisotopic (exact) mass is 356 g/mol. The van der Waals surface area contributed by atoms with Crippen molar-refractivity contribution in [3.63, 3.8) is 0 Å². The molecule has 0 radical (unpaired) electrons. The highest BCUT2D eigenvalue weighted by Crippen LogP contribution is 2.14. The minimum absolute atomic E-state index is 0.0741. The number of hydrogen-bond acceptors (Lipinski definition) is 3. The summed E-state index contributed by atoms with van der Waals surface area (Å²) in [5.74, 6) is -0.0741. The fourth-order valence-corrected chi connectivity index (χ4v) is 3.21. The lowest BCUT2D eigenvalue weighted by Crippen LogP contribution is -2.19. The molecule has 25 heavy (non-hydrogen) atoms. The predicted octanol–water partition coefficient (Wildman–Crippen LogP) is 6.56. The van der Waals surface area contributed by atoms with Crippen molar-refractivity contribution >= 4 is 5.97 Å². The Morgan fingerprint density at radius 2 is 1.20 bits per heavy atom. The molecule has 0 saturated heterocycles. The van der Waals surface area contributed by atoms with E-state index in [0.29, 0.717) is 12.8 Å². The lowest BCUT2D eigenvalue weighted by atomic mass is 10.1. The molecule has 150 valence electrons. The Hall–Kier alpha value is -0.570. The van der Waals surface area contributed by atoms with Gasteiger partial charge < -0.3 is 9.84 Å². The third-order valence-corrected chi connectivity index (χ3v) is 4.86. The number of aliphatic hydroxyl groups excluding tert-OH is 1. The predicted molar refractivity (Wildman–Crippen MR) is 107 cm³/mol. The Balaban J connectivity index is 3.60. The molecule has 1 atom stereocenters. The molecule has 0 aliphatic carbocycles. The smallest absolute Gasteiger partial charge is 0.306 e. The van der Waals surface area contributed by atoms with E-state index >= 15 is 0 Å². The molecule has 3 nitrogen and oxygen atoms in total. The average Bonchev–Trinajstić information content (AvgIpc) is 2.60. The number of ether oxygens (including phenoxy) is 1. The van der Waals surface area contributed by atoms with Gasteiger partial charge in [0, 0.05) is 19.4 Å². The van der Waals surface area contributed by atoms with E-state index in [1.165, 1.54) is 70.6 Å². The normalized spacial score (nSPS) is 12.3. The van der Waals surface area contributed by atoms with Gasteiger partial charge in [0.15, 0.2) is 0 Å². The van der Waals surface area contributed by atoms with Crippen LogP contribution in [0.2, 0.25) is 0 Å². The van der Waals surface area contributed by atoms with E-state index < -0.39 is 0 Å². The van der Waals surface area contributed by atoms with Crippen LogP contribution in [0.1, 0.15) is 123 Å². The van der Waals surface area contributed by atoms with Crippen molar-refractivity contribution in [2.45, 2.75) is 129 Å². The minimum Gasteiger partial charge on any atom is -0.462 e. The zero-order chi connectivity index (χ0) is 18.6. The zero-order valence-corrected chi connectivity index (χ0v) is 17.1. The summed E-state index contributed by atoms with van der Waals surface area (Å²) in [6.45, 7) is 4.56. The molecule has 1 N–H and O–H groups in total. The highest BCUT2D eigenvalue weighted by atomic mass is 16.5. The molecule has 0 spiro atoms. The molecule has 0 fully saturated rings. The number of unbranched alkanes of at least 4 members (excludes halogenated alkanes) is 12. The van der Waals surface area contributed by atoms with E-state index in [1.807, 2.05) is 0 Å². The summed E-state index contributed by atoms with van der Waals surface area (Å²) < 4.78 is 5.57. The van der Waals surface area contributed by atoms with Crippen molar-refractivity contribution in [3.05, 3.63) is 0 Å². The summed E-state index contributed by atoms with van der Waals surface area (Å²) in [5, 5.41) is 9.15. The van der Waals surface area contributed by atoms with Crippen LogP contribution in [0, 0.1) is 0 Å². The first-order valence-corrected chi connectivity index (χ1v) is 11.0. The topological polar surface area (TPSA) is 46.5 Å². The van der Waals surface area contributed by atoms with Crippen LogP contribution in [-0.2, 0) is 9.53 Å². The SMILES string of the molecule is CCCCCCCCCCCC(=O)O[C@@H](CCO)CCCCCCC. The van der Waals surface area contributed by atoms with Crippen molar-refractivity contribution in [1.82, 2.24) is 0 Å². The fourth-order valence-electron chi connectivity index (χ4n) is 3.21. The summed E-state index contributed by atoms with van der Waals surface area (Å²) >= 11 is 0. The molecular formula is C22H44O3. The molecule has 0 unspecified atom stereocenters. The van der Waals surface area contributed by atoms with Crippen LogP contribution in [0.5, 0.6) is 0 Å². The number of esters is 1. The molecule has 0 amide bonds. The molecule has 3 heteroatoms. The number of carbonyl (C=O) groups is 1. The van der Waals surface area contributed by atoms with Crippen LogP contribution in [-0.4, -0.2) is 23.8 Å². The Bertz CT molecular complexity index is 278. The maximum Gasteiger partial charge on any atom is 0.306 e. The van der Waals surface area contributed by atoms with E-state index in [-0.39, 0.29) is 18.7 Å². The Labute approximate surface area is 156 Å². The largest absolute Gasteiger partial charge is 0.462 e. The maximum absolute atomic E-state index is 12.0. The van der Waals surface area contributed by atoms with E-state index in [4.69, 9.17) is 9.84 Å². The van der Waals surface area contributed by atoms with E-state index in [2.05, 4.69) is 13.8 Å². The number of carbonyl (C=O) groups excluding carboxylic acids is 1. The van der Waals surface area contributed by atoms with Gasteiger partial charge in [0.1, 0.15) is 6.10 Å². The molecule has 0 bridgehead atoms. The van der Waals surface area contributed by atoms with Crippen molar-refractivity contribution in [3.8, 4) is 0 Å². The van der Waals surface area contributed by atoms with Crippen LogP contribution in [0.3, 0.4) is 0 Å². The second kappa shape index (κ2) is 19.8. The van der Waals surface area contributed by atoms with Gasteiger partial charge in [0.25, 0.3) is 0 Å².